The van der Waals surface area contributed by atoms with Gasteiger partial charge < -0.3 is 15.5 Å². The van der Waals surface area contributed by atoms with Crippen molar-refractivity contribution in [3.8, 4) is 0 Å². The second-order valence-electron chi connectivity index (χ2n) is 5.85. The van der Waals surface area contributed by atoms with Crippen LogP contribution in [0.3, 0.4) is 0 Å². The third-order valence-electron chi connectivity index (χ3n) is 4.22. The Morgan fingerprint density at radius 1 is 1.24 bits per heavy atom. The van der Waals surface area contributed by atoms with Gasteiger partial charge >= 0.3 is 0 Å². The molecule has 0 unspecified atom stereocenters. The Morgan fingerprint density at radius 2 is 1.95 bits per heavy atom. The maximum Gasteiger partial charge on any atom is 0.242 e. The molecule has 3 rings (SSSR count). The molecule has 0 spiro atoms. The summed E-state index contributed by atoms with van der Waals surface area (Å²) in [6.07, 6.45) is 2.47. The summed E-state index contributed by atoms with van der Waals surface area (Å²) in [5, 5.41) is 0. The lowest BCUT2D eigenvalue weighted by molar-refractivity contribution is -0.145. The van der Waals surface area contributed by atoms with E-state index in [1.165, 1.54) is 0 Å². The SMILES string of the molecule is N[C@@H](CC(=O)N1CCN(C2CC2)C(=O)C1)c1ccccc1. The summed E-state index contributed by atoms with van der Waals surface area (Å²) in [4.78, 5) is 27.9. The van der Waals surface area contributed by atoms with Gasteiger partial charge in [-0.3, -0.25) is 9.59 Å². The van der Waals surface area contributed by atoms with Crippen molar-refractivity contribution in [2.45, 2.75) is 31.3 Å². The van der Waals surface area contributed by atoms with Gasteiger partial charge in [-0.2, -0.15) is 0 Å². The summed E-state index contributed by atoms with van der Waals surface area (Å²) < 4.78 is 0. The zero-order chi connectivity index (χ0) is 14.8. The van der Waals surface area contributed by atoms with Crippen LogP contribution in [0.2, 0.25) is 0 Å². The number of benzene rings is 1. The summed E-state index contributed by atoms with van der Waals surface area (Å²) >= 11 is 0. The molecule has 112 valence electrons. The molecule has 1 saturated heterocycles. The monoisotopic (exact) mass is 287 g/mol. The van der Waals surface area contributed by atoms with Crippen molar-refractivity contribution in [2.75, 3.05) is 19.6 Å². The Labute approximate surface area is 124 Å². The Morgan fingerprint density at radius 3 is 2.57 bits per heavy atom. The molecule has 1 aromatic carbocycles. The van der Waals surface area contributed by atoms with Crippen LogP contribution in [0.15, 0.2) is 30.3 Å². The highest BCUT2D eigenvalue weighted by Crippen LogP contribution is 2.28. The van der Waals surface area contributed by atoms with Crippen LogP contribution in [0.25, 0.3) is 0 Å². The van der Waals surface area contributed by atoms with E-state index < -0.39 is 0 Å². The molecule has 1 saturated carbocycles. The molecular weight excluding hydrogens is 266 g/mol. The number of amides is 2. The van der Waals surface area contributed by atoms with Crippen LogP contribution in [-0.2, 0) is 9.59 Å². The fourth-order valence-corrected chi connectivity index (χ4v) is 2.81. The van der Waals surface area contributed by atoms with E-state index in [2.05, 4.69) is 0 Å². The van der Waals surface area contributed by atoms with Crippen molar-refractivity contribution < 1.29 is 9.59 Å². The first-order chi connectivity index (χ1) is 10.1. The van der Waals surface area contributed by atoms with Crippen LogP contribution in [0.5, 0.6) is 0 Å². The van der Waals surface area contributed by atoms with E-state index >= 15 is 0 Å². The van der Waals surface area contributed by atoms with Crippen molar-refractivity contribution in [3.05, 3.63) is 35.9 Å². The number of nitrogens with two attached hydrogens (primary N) is 1. The predicted octanol–water partition coefficient (Wildman–Crippen LogP) is 0.910. The van der Waals surface area contributed by atoms with Gasteiger partial charge in [-0.15, -0.1) is 0 Å². The van der Waals surface area contributed by atoms with Crippen LogP contribution < -0.4 is 5.73 Å². The van der Waals surface area contributed by atoms with E-state index in [1.807, 2.05) is 35.2 Å². The molecule has 2 aliphatic rings. The molecular formula is C16H21N3O2. The van der Waals surface area contributed by atoms with Gasteiger partial charge in [-0.1, -0.05) is 30.3 Å². The summed E-state index contributed by atoms with van der Waals surface area (Å²) in [5.74, 6) is 0.0422. The fraction of sp³-hybridized carbons (Fsp3) is 0.500. The Kier molecular flexibility index (Phi) is 3.92. The summed E-state index contributed by atoms with van der Waals surface area (Å²) in [6.45, 7) is 1.50. The highest BCUT2D eigenvalue weighted by atomic mass is 16.2. The molecule has 21 heavy (non-hydrogen) atoms. The number of piperazine rings is 1. The fourth-order valence-electron chi connectivity index (χ4n) is 2.81. The van der Waals surface area contributed by atoms with Crippen LogP contribution in [0.1, 0.15) is 30.9 Å². The average Bonchev–Trinajstić information content (AvgIpc) is 3.32. The summed E-state index contributed by atoms with van der Waals surface area (Å²) in [5.41, 5.74) is 7.03. The van der Waals surface area contributed by atoms with Crippen molar-refractivity contribution >= 4 is 11.8 Å². The molecule has 0 radical (unpaired) electrons. The predicted molar refractivity (Wildman–Crippen MR) is 79.3 cm³/mol. The highest BCUT2D eigenvalue weighted by Gasteiger charge is 2.36. The largest absolute Gasteiger partial charge is 0.336 e. The van der Waals surface area contributed by atoms with E-state index in [4.69, 9.17) is 5.73 Å². The molecule has 0 aromatic heterocycles. The first-order valence-electron chi connectivity index (χ1n) is 7.53. The number of hydrogen-bond donors (Lipinski definition) is 1. The third kappa shape index (κ3) is 3.24. The van der Waals surface area contributed by atoms with Gasteiger partial charge in [0.25, 0.3) is 0 Å². The molecule has 1 aromatic rings. The lowest BCUT2D eigenvalue weighted by Gasteiger charge is -2.35. The van der Waals surface area contributed by atoms with Gasteiger partial charge in [0.1, 0.15) is 0 Å². The van der Waals surface area contributed by atoms with Crippen molar-refractivity contribution in [1.29, 1.82) is 0 Å². The van der Waals surface area contributed by atoms with Gasteiger partial charge in [-0.05, 0) is 18.4 Å². The highest BCUT2D eigenvalue weighted by molar-refractivity contribution is 5.86. The summed E-state index contributed by atoms with van der Waals surface area (Å²) in [7, 11) is 0. The maximum atomic E-state index is 12.3. The van der Waals surface area contributed by atoms with Gasteiger partial charge in [0.05, 0.1) is 6.54 Å². The zero-order valence-electron chi connectivity index (χ0n) is 12.1. The number of hydrogen-bond acceptors (Lipinski definition) is 3. The third-order valence-corrected chi connectivity index (χ3v) is 4.22. The molecule has 1 heterocycles. The van der Waals surface area contributed by atoms with E-state index in [0.29, 0.717) is 19.1 Å². The second-order valence-corrected chi connectivity index (χ2v) is 5.85. The average molecular weight is 287 g/mol. The molecule has 1 aliphatic carbocycles. The topological polar surface area (TPSA) is 66.6 Å². The molecule has 1 atom stereocenters. The lowest BCUT2D eigenvalue weighted by atomic mass is 10.0. The molecule has 2 N–H and O–H groups in total. The molecule has 0 bridgehead atoms. The van der Waals surface area contributed by atoms with Crippen molar-refractivity contribution in [1.82, 2.24) is 9.80 Å². The minimum absolute atomic E-state index is 0.0323. The smallest absolute Gasteiger partial charge is 0.242 e. The van der Waals surface area contributed by atoms with E-state index in [1.54, 1.807) is 4.90 Å². The van der Waals surface area contributed by atoms with Gasteiger partial charge in [0.2, 0.25) is 11.8 Å². The summed E-state index contributed by atoms with van der Waals surface area (Å²) in [6, 6.07) is 9.72. The molecule has 5 nitrogen and oxygen atoms in total. The lowest BCUT2D eigenvalue weighted by Crippen LogP contribution is -2.53. The van der Waals surface area contributed by atoms with Crippen LogP contribution in [-0.4, -0.2) is 47.3 Å². The minimum Gasteiger partial charge on any atom is -0.336 e. The Hall–Kier alpha value is -1.88. The minimum atomic E-state index is -0.310. The zero-order valence-corrected chi connectivity index (χ0v) is 12.1. The molecule has 1 aliphatic heterocycles. The van der Waals surface area contributed by atoms with E-state index in [9.17, 15) is 9.59 Å². The molecule has 2 amide bonds. The standard InChI is InChI=1S/C16H21N3O2/c17-14(12-4-2-1-3-5-12)10-15(20)18-8-9-19(13-6-7-13)16(21)11-18/h1-5,13-14H,6-11,17H2/t14-/m0/s1. The Balaban J connectivity index is 1.55. The van der Waals surface area contributed by atoms with Crippen LogP contribution in [0.4, 0.5) is 0 Å². The van der Waals surface area contributed by atoms with Gasteiger partial charge in [0.15, 0.2) is 0 Å². The normalized spacial score (nSPS) is 20.5. The first kappa shape index (κ1) is 14.1. The second kappa shape index (κ2) is 5.85. The van der Waals surface area contributed by atoms with E-state index in [-0.39, 0.29) is 30.8 Å². The van der Waals surface area contributed by atoms with Gasteiger partial charge in [-0.25, -0.2) is 0 Å². The van der Waals surface area contributed by atoms with Crippen molar-refractivity contribution in [3.63, 3.8) is 0 Å². The number of carbonyl (C=O) groups excluding carboxylic acids is 2. The van der Waals surface area contributed by atoms with Crippen LogP contribution in [0, 0.1) is 0 Å². The molecule has 5 heteroatoms. The number of carbonyl (C=O) groups is 2. The van der Waals surface area contributed by atoms with Crippen LogP contribution >= 0.6 is 0 Å². The van der Waals surface area contributed by atoms with Gasteiger partial charge in [0, 0.05) is 31.6 Å². The molecule has 2 fully saturated rings. The maximum absolute atomic E-state index is 12.3. The first-order valence-corrected chi connectivity index (χ1v) is 7.53. The van der Waals surface area contributed by atoms with Crippen molar-refractivity contribution in [2.24, 2.45) is 5.73 Å². The number of nitrogens with zero attached hydrogens (tertiary/aromatic N) is 2. The number of rotatable bonds is 4. The Bertz CT molecular complexity index is 528. The van der Waals surface area contributed by atoms with E-state index in [0.717, 1.165) is 18.4 Å². The quantitative estimate of drug-likeness (QED) is 0.895.